The van der Waals surface area contributed by atoms with Crippen molar-refractivity contribution in [2.75, 3.05) is 26.2 Å². The standard InChI is InChI=1S/C20H22N6O3S/c1-14-16(12-23(2)22-14)13-24-7-9-25(10-8-24)20-21-19(27)18(30-20)11-15-3-5-17(6-4-15)26(28)29/h3-6,11-12H,7-10,13H2,1-2H3. The van der Waals surface area contributed by atoms with Gasteiger partial charge in [0.05, 0.1) is 15.5 Å². The van der Waals surface area contributed by atoms with Gasteiger partial charge in [-0.25, -0.2) is 0 Å². The van der Waals surface area contributed by atoms with Crippen LogP contribution in [-0.4, -0.2) is 61.8 Å². The first-order chi connectivity index (χ1) is 14.4. The van der Waals surface area contributed by atoms with Gasteiger partial charge in [-0.15, -0.1) is 0 Å². The number of aryl methyl sites for hydroxylation is 2. The third kappa shape index (κ3) is 4.44. The number of nitro groups is 1. The molecule has 30 heavy (non-hydrogen) atoms. The molecule has 3 heterocycles. The number of non-ortho nitro benzene ring substituents is 1. The third-order valence-electron chi connectivity index (χ3n) is 5.16. The van der Waals surface area contributed by atoms with Crippen molar-refractivity contribution in [3.8, 4) is 0 Å². The fourth-order valence-corrected chi connectivity index (χ4v) is 4.48. The molecule has 0 atom stereocenters. The number of carbonyl (C=O) groups is 1. The number of hydrogen-bond donors (Lipinski definition) is 0. The highest BCUT2D eigenvalue weighted by molar-refractivity contribution is 8.18. The monoisotopic (exact) mass is 426 g/mol. The van der Waals surface area contributed by atoms with Gasteiger partial charge in [0.25, 0.3) is 11.6 Å². The van der Waals surface area contributed by atoms with Gasteiger partial charge < -0.3 is 4.90 Å². The lowest BCUT2D eigenvalue weighted by Crippen LogP contribution is -2.47. The van der Waals surface area contributed by atoms with E-state index in [0.717, 1.165) is 49.1 Å². The van der Waals surface area contributed by atoms with Crippen molar-refractivity contribution in [3.05, 3.63) is 62.3 Å². The maximum Gasteiger partial charge on any atom is 0.286 e. The highest BCUT2D eigenvalue weighted by atomic mass is 32.2. The maximum absolute atomic E-state index is 12.3. The zero-order valence-corrected chi connectivity index (χ0v) is 17.6. The van der Waals surface area contributed by atoms with Crippen molar-refractivity contribution < 1.29 is 9.72 Å². The molecular weight excluding hydrogens is 404 g/mol. The van der Waals surface area contributed by atoms with Crippen LogP contribution in [0.1, 0.15) is 16.8 Å². The second kappa shape index (κ2) is 8.41. The average Bonchev–Trinajstić information content (AvgIpc) is 3.24. The first kappa shape index (κ1) is 20.3. The van der Waals surface area contributed by atoms with Crippen LogP contribution < -0.4 is 0 Å². The molecule has 2 aliphatic heterocycles. The summed E-state index contributed by atoms with van der Waals surface area (Å²) in [6.07, 6.45) is 3.79. The number of carbonyl (C=O) groups excluding carboxylic acids is 1. The summed E-state index contributed by atoms with van der Waals surface area (Å²) < 4.78 is 1.84. The molecule has 156 valence electrons. The van der Waals surface area contributed by atoms with Crippen LogP contribution in [0.15, 0.2) is 40.4 Å². The molecule has 0 bridgehead atoms. The number of nitro benzene ring substituents is 1. The van der Waals surface area contributed by atoms with Crippen LogP contribution in [0.5, 0.6) is 0 Å². The van der Waals surface area contributed by atoms with Gasteiger partial charge in [-0.05, 0) is 42.5 Å². The number of aliphatic imine (C=N–C) groups is 1. The van der Waals surface area contributed by atoms with Gasteiger partial charge in [0.15, 0.2) is 5.17 Å². The van der Waals surface area contributed by atoms with Crippen molar-refractivity contribution in [3.63, 3.8) is 0 Å². The van der Waals surface area contributed by atoms with E-state index in [-0.39, 0.29) is 11.6 Å². The van der Waals surface area contributed by atoms with E-state index in [0.29, 0.717) is 4.91 Å². The van der Waals surface area contributed by atoms with E-state index in [1.165, 1.54) is 29.5 Å². The molecule has 0 radical (unpaired) electrons. The minimum Gasteiger partial charge on any atom is -0.348 e. The molecule has 1 aromatic heterocycles. The third-order valence-corrected chi connectivity index (χ3v) is 6.21. The molecule has 0 saturated carbocycles. The Morgan fingerprint density at radius 1 is 1.20 bits per heavy atom. The van der Waals surface area contributed by atoms with E-state index in [1.54, 1.807) is 18.2 Å². The first-order valence-electron chi connectivity index (χ1n) is 9.62. The molecule has 10 heteroatoms. The van der Waals surface area contributed by atoms with Gasteiger partial charge in [-0.2, -0.15) is 10.1 Å². The molecule has 4 rings (SSSR count). The Bertz CT molecular complexity index is 1040. The number of piperazine rings is 1. The Morgan fingerprint density at radius 2 is 1.90 bits per heavy atom. The summed E-state index contributed by atoms with van der Waals surface area (Å²) >= 11 is 1.36. The highest BCUT2D eigenvalue weighted by Gasteiger charge is 2.28. The Balaban J connectivity index is 1.35. The molecule has 1 saturated heterocycles. The quantitative estimate of drug-likeness (QED) is 0.421. The maximum atomic E-state index is 12.3. The number of amides is 1. The van der Waals surface area contributed by atoms with Crippen LogP contribution in [0, 0.1) is 17.0 Å². The molecule has 2 aromatic rings. The van der Waals surface area contributed by atoms with Gasteiger partial charge in [0, 0.05) is 63.7 Å². The molecule has 0 unspecified atom stereocenters. The molecule has 9 nitrogen and oxygen atoms in total. The SMILES string of the molecule is Cc1nn(C)cc1CN1CCN(C2=NC(=O)C(=Cc3ccc([N+](=O)[O-])cc3)S2)CC1. The minimum absolute atomic E-state index is 0.0267. The van der Waals surface area contributed by atoms with Gasteiger partial charge in [-0.1, -0.05) is 0 Å². The van der Waals surface area contributed by atoms with Crippen molar-refractivity contribution >= 4 is 34.6 Å². The molecule has 0 N–H and O–H groups in total. The van der Waals surface area contributed by atoms with Crippen LogP contribution in [0.4, 0.5) is 5.69 Å². The molecule has 0 spiro atoms. The lowest BCUT2D eigenvalue weighted by molar-refractivity contribution is -0.384. The second-order valence-electron chi connectivity index (χ2n) is 7.34. The topological polar surface area (TPSA) is 96.9 Å². The predicted molar refractivity (Wildman–Crippen MR) is 116 cm³/mol. The minimum atomic E-state index is -0.442. The number of nitrogens with zero attached hydrogens (tertiary/aromatic N) is 6. The van der Waals surface area contributed by atoms with E-state index < -0.39 is 4.92 Å². The number of amidine groups is 1. The van der Waals surface area contributed by atoms with E-state index >= 15 is 0 Å². The zero-order valence-electron chi connectivity index (χ0n) is 16.8. The van der Waals surface area contributed by atoms with E-state index in [9.17, 15) is 14.9 Å². The van der Waals surface area contributed by atoms with Crippen LogP contribution >= 0.6 is 11.8 Å². The van der Waals surface area contributed by atoms with Crippen LogP contribution in [0.3, 0.4) is 0 Å². The second-order valence-corrected chi connectivity index (χ2v) is 8.34. The summed E-state index contributed by atoms with van der Waals surface area (Å²) in [4.78, 5) is 31.9. The number of rotatable bonds is 4. The lowest BCUT2D eigenvalue weighted by Gasteiger charge is -2.35. The molecule has 0 aliphatic carbocycles. The van der Waals surface area contributed by atoms with Crippen LogP contribution in [0.2, 0.25) is 0 Å². The number of aromatic nitrogens is 2. The van der Waals surface area contributed by atoms with Crippen molar-refractivity contribution in [1.29, 1.82) is 0 Å². The summed E-state index contributed by atoms with van der Waals surface area (Å²) in [7, 11) is 1.93. The van der Waals surface area contributed by atoms with Gasteiger partial charge >= 0.3 is 0 Å². The normalized spacial score (nSPS) is 18.9. The van der Waals surface area contributed by atoms with Gasteiger partial charge in [-0.3, -0.25) is 24.5 Å². The van der Waals surface area contributed by atoms with Crippen molar-refractivity contribution in [1.82, 2.24) is 19.6 Å². The predicted octanol–water partition coefficient (Wildman–Crippen LogP) is 2.42. The fourth-order valence-electron chi connectivity index (χ4n) is 3.52. The largest absolute Gasteiger partial charge is 0.348 e. The van der Waals surface area contributed by atoms with E-state index in [4.69, 9.17) is 0 Å². The van der Waals surface area contributed by atoms with Crippen molar-refractivity contribution in [2.45, 2.75) is 13.5 Å². The fraction of sp³-hybridized carbons (Fsp3) is 0.350. The first-order valence-corrected chi connectivity index (χ1v) is 10.4. The molecular formula is C20H22N6O3S. The Labute approximate surface area is 178 Å². The van der Waals surface area contributed by atoms with Crippen LogP contribution in [0.25, 0.3) is 6.08 Å². The summed E-state index contributed by atoms with van der Waals surface area (Å²) in [6.45, 7) is 6.30. The average molecular weight is 427 g/mol. The Morgan fingerprint density at radius 3 is 2.50 bits per heavy atom. The zero-order chi connectivity index (χ0) is 21.3. The summed E-state index contributed by atoms with van der Waals surface area (Å²) in [5.74, 6) is -0.262. The summed E-state index contributed by atoms with van der Waals surface area (Å²) in [5.41, 5.74) is 3.06. The molecule has 1 amide bonds. The van der Waals surface area contributed by atoms with Crippen molar-refractivity contribution in [2.24, 2.45) is 12.0 Å². The molecule has 1 fully saturated rings. The highest BCUT2D eigenvalue weighted by Crippen LogP contribution is 2.31. The van der Waals surface area contributed by atoms with E-state index in [1.807, 2.05) is 18.7 Å². The Kier molecular flexibility index (Phi) is 5.69. The number of thioether (sulfide) groups is 1. The number of benzene rings is 1. The molecule has 1 aromatic carbocycles. The summed E-state index contributed by atoms with van der Waals surface area (Å²) in [5, 5.41) is 15.9. The Hall–Kier alpha value is -2.98. The smallest absolute Gasteiger partial charge is 0.286 e. The van der Waals surface area contributed by atoms with Gasteiger partial charge in [0.2, 0.25) is 0 Å². The van der Waals surface area contributed by atoms with Crippen LogP contribution in [-0.2, 0) is 18.4 Å². The summed E-state index contributed by atoms with van der Waals surface area (Å²) in [6, 6.07) is 6.13. The van der Waals surface area contributed by atoms with Gasteiger partial charge in [0.1, 0.15) is 0 Å². The van der Waals surface area contributed by atoms with E-state index in [2.05, 4.69) is 26.1 Å². The number of hydrogen-bond acceptors (Lipinski definition) is 7. The lowest BCUT2D eigenvalue weighted by atomic mass is 10.2. The molecule has 2 aliphatic rings.